The lowest BCUT2D eigenvalue weighted by Crippen LogP contribution is -2.48. The van der Waals surface area contributed by atoms with Crippen molar-refractivity contribution in [1.82, 2.24) is 9.46 Å². The summed E-state index contributed by atoms with van der Waals surface area (Å²) in [5, 5.41) is 3.68. The van der Waals surface area contributed by atoms with Crippen molar-refractivity contribution in [2.45, 2.75) is 24.8 Å². The van der Waals surface area contributed by atoms with Crippen LogP contribution in [0.5, 0.6) is 0 Å². The Morgan fingerprint density at radius 2 is 2.22 bits per heavy atom. The highest BCUT2D eigenvalue weighted by Crippen LogP contribution is 2.24. The molecule has 1 fully saturated rings. The highest BCUT2D eigenvalue weighted by molar-refractivity contribution is 7.89. The highest BCUT2D eigenvalue weighted by Gasteiger charge is 2.34. The zero-order valence-corrected chi connectivity index (χ0v) is 11.2. The average molecular weight is 275 g/mol. The van der Waals surface area contributed by atoms with Crippen molar-refractivity contribution >= 4 is 10.0 Å². The minimum absolute atomic E-state index is 0.153. The lowest BCUT2D eigenvalue weighted by Gasteiger charge is -2.31. The van der Waals surface area contributed by atoms with Crippen LogP contribution in [0.4, 0.5) is 0 Å². The van der Waals surface area contributed by atoms with E-state index in [1.54, 1.807) is 13.8 Å². The van der Waals surface area contributed by atoms with Gasteiger partial charge in [-0.1, -0.05) is 5.16 Å². The molecule has 1 aliphatic rings. The number of hydrogen-bond donors (Lipinski definition) is 1. The first-order valence-electron chi connectivity index (χ1n) is 5.71. The van der Waals surface area contributed by atoms with Crippen molar-refractivity contribution in [3.05, 3.63) is 11.5 Å². The van der Waals surface area contributed by atoms with Crippen molar-refractivity contribution in [2.75, 3.05) is 26.2 Å². The summed E-state index contributed by atoms with van der Waals surface area (Å²) in [6.45, 7) is 4.45. The topological polar surface area (TPSA) is 98.7 Å². The molecule has 0 saturated carbocycles. The first-order chi connectivity index (χ1) is 8.46. The predicted octanol–water partition coefficient (Wildman–Crippen LogP) is -0.360. The first-order valence-corrected chi connectivity index (χ1v) is 7.15. The second kappa shape index (κ2) is 4.96. The summed E-state index contributed by atoms with van der Waals surface area (Å²) < 4.78 is 36.6. The number of sulfonamides is 1. The van der Waals surface area contributed by atoms with Gasteiger partial charge in [0.2, 0.25) is 10.0 Å². The van der Waals surface area contributed by atoms with Gasteiger partial charge >= 0.3 is 0 Å². The zero-order chi connectivity index (χ0) is 13.3. The first kappa shape index (κ1) is 13.5. The van der Waals surface area contributed by atoms with E-state index in [-0.39, 0.29) is 17.5 Å². The quantitative estimate of drug-likeness (QED) is 0.808. The maximum absolute atomic E-state index is 12.5. The molecule has 0 radical (unpaired) electrons. The summed E-state index contributed by atoms with van der Waals surface area (Å²) in [6.07, 6.45) is -0.256. The molecule has 1 aliphatic heterocycles. The Bertz CT molecular complexity index is 506. The second-order valence-corrected chi connectivity index (χ2v) is 6.12. The molecule has 0 spiro atoms. The van der Waals surface area contributed by atoms with Crippen LogP contribution in [0.2, 0.25) is 0 Å². The van der Waals surface area contributed by atoms with Crippen molar-refractivity contribution < 1.29 is 17.7 Å². The maximum atomic E-state index is 12.5. The molecule has 1 atom stereocenters. The van der Waals surface area contributed by atoms with Crippen molar-refractivity contribution in [3.8, 4) is 0 Å². The lowest BCUT2D eigenvalue weighted by molar-refractivity contribution is 0.00447. The molecule has 0 amide bonds. The van der Waals surface area contributed by atoms with E-state index in [2.05, 4.69) is 5.16 Å². The molecule has 8 heteroatoms. The lowest BCUT2D eigenvalue weighted by atomic mass is 10.3. The summed E-state index contributed by atoms with van der Waals surface area (Å²) in [7, 11) is -3.58. The van der Waals surface area contributed by atoms with Crippen molar-refractivity contribution in [1.29, 1.82) is 0 Å². The molecule has 2 N–H and O–H groups in total. The molecule has 1 unspecified atom stereocenters. The third-order valence-electron chi connectivity index (χ3n) is 2.93. The molecular formula is C10H17N3O4S. The van der Waals surface area contributed by atoms with E-state index < -0.39 is 10.0 Å². The predicted molar refractivity (Wildman–Crippen MR) is 63.5 cm³/mol. The van der Waals surface area contributed by atoms with E-state index in [4.69, 9.17) is 15.0 Å². The molecule has 0 aliphatic carbocycles. The van der Waals surface area contributed by atoms with Gasteiger partial charge in [-0.25, -0.2) is 8.42 Å². The van der Waals surface area contributed by atoms with E-state index >= 15 is 0 Å². The van der Waals surface area contributed by atoms with Crippen LogP contribution in [0.25, 0.3) is 0 Å². The van der Waals surface area contributed by atoms with Gasteiger partial charge in [-0.3, -0.25) is 0 Å². The molecule has 1 saturated heterocycles. The molecular weight excluding hydrogens is 258 g/mol. The monoisotopic (exact) mass is 275 g/mol. The zero-order valence-electron chi connectivity index (χ0n) is 10.4. The van der Waals surface area contributed by atoms with E-state index in [1.165, 1.54) is 4.31 Å². The van der Waals surface area contributed by atoms with Crippen LogP contribution >= 0.6 is 0 Å². The number of morpholine rings is 1. The van der Waals surface area contributed by atoms with Gasteiger partial charge in [0, 0.05) is 19.6 Å². The third kappa shape index (κ3) is 2.28. The number of nitrogens with zero attached hydrogens (tertiary/aromatic N) is 2. The van der Waals surface area contributed by atoms with Crippen LogP contribution in [0.15, 0.2) is 9.42 Å². The summed E-state index contributed by atoms with van der Waals surface area (Å²) in [5.41, 5.74) is 5.89. The molecule has 2 heterocycles. The number of nitrogens with two attached hydrogens (primary N) is 1. The second-order valence-electron chi connectivity index (χ2n) is 4.24. The Balaban J connectivity index is 2.31. The van der Waals surface area contributed by atoms with E-state index in [0.717, 1.165) is 0 Å². The van der Waals surface area contributed by atoms with Crippen molar-refractivity contribution in [3.63, 3.8) is 0 Å². The fourth-order valence-electron chi connectivity index (χ4n) is 2.03. The number of rotatable bonds is 3. The molecule has 18 heavy (non-hydrogen) atoms. The van der Waals surface area contributed by atoms with E-state index in [0.29, 0.717) is 31.2 Å². The van der Waals surface area contributed by atoms with Crippen LogP contribution in [0, 0.1) is 13.8 Å². The average Bonchev–Trinajstić information content (AvgIpc) is 2.69. The van der Waals surface area contributed by atoms with E-state index in [9.17, 15) is 8.42 Å². The SMILES string of the molecule is Cc1noc(C)c1S(=O)(=O)N1CCOC(CN)C1. The Hall–Kier alpha value is -0.960. The van der Waals surface area contributed by atoms with Gasteiger partial charge in [-0.05, 0) is 13.8 Å². The summed E-state index contributed by atoms with van der Waals surface area (Å²) in [5.74, 6) is 0.309. The number of ether oxygens (including phenoxy) is 1. The molecule has 7 nitrogen and oxygen atoms in total. The molecule has 1 aromatic heterocycles. The van der Waals surface area contributed by atoms with Crippen LogP contribution in [-0.4, -0.2) is 50.2 Å². The maximum Gasteiger partial charge on any atom is 0.248 e. The largest absolute Gasteiger partial charge is 0.374 e. The number of hydrogen-bond acceptors (Lipinski definition) is 6. The summed E-state index contributed by atoms with van der Waals surface area (Å²) >= 11 is 0. The van der Waals surface area contributed by atoms with Crippen molar-refractivity contribution in [2.24, 2.45) is 5.73 Å². The Morgan fingerprint density at radius 3 is 2.78 bits per heavy atom. The fourth-order valence-corrected chi connectivity index (χ4v) is 3.77. The van der Waals surface area contributed by atoms with E-state index in [1.807, 2.05) is 0 Å². The highest BCUT2D eigenvalue weighted by atomic mass is 32.2. The van der Waals surface area contributed by atoms with Crippen LogP contribution in [0.3, 0.4) is 0 Å². The molecule has 1 aromatic rings. The van der Waals surface area contributed by atoms with Gasteiger partial charge in [0.15, 0.2) is 5.76 Å². The molecule has 2 rings (SSSR count). The van der Waals surface area contributed by atoms with Gasteiger partial charge in [-0.2, -0.15) is 4.31 Å². The molecule has 0 bridgehead atoms. The number of aryl methyl sites for hydroxylation is 2. The Labute approximate surface area is 106 Å². The summed E-state index contributed by atoms with van der Waals surface area (Å²) in [6, 6.07) is 0. The number of aromatic nitrogens is 1. The third-order valence-corrected chi connectivity index (χ3v) is 5.04. The van der Waals surface area contributed by atoms with Crippen LogP contribution in [-0.2, 0) is 14.8 Å². The van der Waals surface area contributed by atoms with Gasteiger partial charge in [0.05, 0.1) is 12.7 Å². The Kier molecular flexibility index (Phi) is 3.71. The van der Waals surface area contributed by atoms with Gasteiger partial charge in [0.1, 0.15) is 10.6 Å². The smallest absolute Gasteiger partial charge is 0.248 e. The fraction of sp³-hybridized carbons (Fsp3) is 0.700. The van der Waals surface area contributed by atoms with Crippen LogP contribution < -0.4 is 5.73 Å². The minimum atomic E-state index is -3.58. The van der Waals surface area contributed by atoms with Crippen LogP contribution in [0.1, 0.15) is 11.5 Å². The normalized spacial score (nSPS) is 22.3. The van der Waals surface area contributed by atoms with Gasteiger partial charge < -0.3 is 15.0 Å². The molecule has 0 aromatic carbocycles. The van der Waals surface area contributed by atoms with Gasteiger partial charge in [0.25, 0.3) is 0 Å². The summed E-state index contributed by atoms with van der Waals surface area (Å²) in [4.78, 5) is 0.153. The van der Waals surface area contributed by atoms with Gasteiger partial charge in [-0.15, -0.1) is 0 Å². The molecule has 102 valence electrons. The standard InChI is InChI=1S/C10H17N3O4S/c1-7-10(8(2)17-12-7)18(14,15)13-3-4-16-9(5-11)6-13/h9H,3-6,11H2,1-2H3. The minimum Gasteiger partial charge on any atom is -0.374 e. The Morgan fingerprint density at radius 1 is 1.50 bits per heavy atom.